The first-order chi connectivity index (χ1) is 8.69. The van der Waals surface area contributed by atoms with E-state index in [1.54, 1.807) is 34.4 Å². The van der Waals surface area contributed by atoms with Crippen LogP contribution < -0.4 is 0 Å². The molecule has 0 aliphatic carbocycles. The number of thiazole rings is 2. The minimum atomic E-state index is -0.365. The van der Waals surface area contributed by atoms with Crippen molar-refractivity contribution in [2.45, 2.75) is 22.5 Å². The molecule has 0 saturated carbocycles. The van der Waals surface area contributed by atoms with E-state index < -0.39 is 0 Å². The summed E-state index contributed by atoms with van der Waals surface area (Å²) < 4.78 is 6.71. The number of hydrogen-bond acceptors (Lipinski definition) is 8. The molecule has 2 rings (SSSR count). The van der Waals surface area contributed by atoms with Crippen molar-refractivity contribution in [3.05, 3.63) is 22.1 Å². The van der Waals surface area contributed by atoms with Crippen LogP contribution in [0.3, 0.4) is 0 Å². The van der Waals surface area contributed by atoms with Crippen LogP contribution in [-0.4, -0.2) is 22.5 Å². The second-order valence-corrected chi connectivity index (χ2v) is 7.48. The van der Waals surface area contributed by atoms with Gasteiger partial charge in [-0.25, -0.2) is 14.8 Å². The Hall–Kier alpha value is -0.570. The maximum Gasteiger partial charge on any atom is 0.357 e. The van der Waals surface area contributed by atoms with Crippen molar-refractivity contribution >= 4 is 50.2 Å². The van der Waals surface area contributed by atoms with Crippen molar-refractivity contribution in [2.24, 2.45) is 0 Å². The summed E-state index contributed by atoms with van der Waals surface area (Å²) in [6.45, 7) is 4.11. The van der Waals surface area contributed by atoms with E-state index in [0.717, 1.165) is 14.4 Å². The van der Waals surface area contributed by atoms with Gasteiger partial charge in [0, 0.05) is 16.5 Å². The number of nitrogens with zero attached hydrogens (tertiary/aromatic N) is 2. The molecule has 96 valence electrons. The summed E-state index contributed by atoms with van der Waals surface area (Å²) in [5.74, 6) is -0.365. The van der Waals surface area contributed by atoms with Gasteiger partial charge in [0.25, 0.3) is 0 Å². The normalized spacial score (nSPS) is 10.6. The molecular formula is C10H10N2O2S4. The van der Waals surface area contributed by atoms with Gasteiger partial charge in [-0.05, 0) is 35.4 Å². The van der Waals surface area contributed by atoms with Gasteiger partial charge in [-0.3, -0.25) is 0 Å². The van der Waals surface area contributed by atoms with Crippen LogP contribution in [0.1, 0.15) is 23.1 Å². The highest BCUT2D eigenvalue weighted by Crippen LogP contribution is 2.40. The lowest BCUT2D eigenvalue weighted by atomic mass is 10.5. The summed E-state index contributed by atoms with van der Waals surface area (Å²) in [5.41, 5.74) is 1.40. The van der Waals surface area contributed by atoms with Crippen molar-refractivity contribution in [1.82, 2.24) is 9.97 Å². The number of aryl methyl sites for hydroxylation is 1. The molecule has 0 radical (unpaired) electrons. The summed E-state index contributed by atoms with van der Waals surface area (Å²) in [7, 11) is 3.06. The number of aromatic nitrogens is 2. The molecule has 2 aromatic rings. The van der Waals surface area contributed by atoms with Gasteiger partial charge in [0.05, 0.1) is 6.61 Å². The Kier molecular flexibility index (Phi) is 5.04. The van der Waals surface area contributed by atoms with Crippen molar-refractivity contribution < 1.29 is 9.53 Å². The molecule has 0 aliphatic heterocycles. The van der Waals surface area contributed by atoms with Gasteiger partial charge in [0.1, 0.15) is 0 Å². The van der Waals surface area contributed by atoms with Gasteiger partial charge in [0.2, 0.25) is 0 Å². The second kappa shape index (κ2) is 6.55. The van der Waals surface area contributed by atoms with Crippen LogP contribution in [0.15, 0.2) is 19.4 Å². The molecule has 2 heterocycles. The van der Waals surface area contributed by atoms with Gasteiger partial charge in [-0.2, -0.15) is 0 Å². The number of ether oxygens (including phenoxy) is 1. The van der Waals surface area contributed by atoms with Gasteiger partial charge >= 0.3 is 5.97 Å². The highest BCUT2D eigenvalue weighted by atomic mass is 33.1. The molecule has 0 atom stereocenters. The Labute approximate surface area is 121 Å². The van der Waals surface area contributed by atoms with E-state index in [-0.39, 0.29) is 5.97 Å². The number of rotatable bonds is 5. The Morgan fingerprint density at radius 1 is 1.28 bits per heavy atom. The predicted octanol–water partition coefficient (Wildman–Crippen LogP) is 3.88. The SMILES string of the molecule is CCOC(=O)c1csc(SSc2nc(C)cs2)n1. The Bertz CT molecular complexity index is 537. The van der Waals surface area contributed by atoms with Gasteiger partial charge in [-0.1, -0.05) is 0 Å². The molecule has 0 fully saturated rings. The molecule has 0 bridgehead atoms. The number of carbonyl (C=O) groups is 1. The fourth-order valence-electron chi connectivity index (χ4n) is 1.04. The zero-order valence-electron chi connectivity index (χ0n) is 9.71. The second-order valence-electron chi connectivity index (χ2n) is 3.14. The largest absolute Gasteiger partial charge is 0.461 e. The van der Waals surface area contributed by atoms with E-state index in [0.29, 0.717) is 12.3 Å². The third kappa shape index (κ3) is 3.71. The number of hydrogen-bond donors (Lipinski definition) is 0. The molecule has 2 aromatic heterocycles. The fraction of sp³-hybridized carbons (Fsp3) is 0.300. The van der Waals surface area contributed by atoms with Crippen molar-refractivity contribution in [3.63, 3.8) is 0 Å². The molecule has 4 nitrogen and oxygen atoms in total. The third-order valence-corrected chi connectivity index (χ3v) is 6.59. The van der Waals surface area contributed by atoms with Crippen molar-refractivity contribution in [3.8, 4) is 0 Å². The molecule has 18 heavy (non-hydrogen) atoms. The standard InChI is InChI=1S/C10H10N2O2S4/c1-3-14-8(13)7-5-16-10(12-7)18-17-9-11-6(2)4-15-9/h4-5H,3H2,1-2H3. The first kappa shape index (κ1) is 13.9. The molecule has 0 spiro atoms. The average molecular weight is 318 g/mol. The smallest absolute Gasteiger partial charge is 0.357 e. The first-order valence-corrected chi connectivity index (χ1v) is 8.99. The van der Waals surface area contributed by atoms with E-state index in [1.165, 1.54) is 22.1 Å². The van der Waals surface area contributed by atoms with Crippen molar-refractivity contribution in [1.29, 1.82) is 0 Å². The predicted molar refractivity (Wildman–Crippen MR) is 76.6 cm³/mol. The lowest BCUT2D eigenvalue weighted by Crippen LogP contribution is -2.04. The zero-order chi connectivity index (χ0) is 13.0. The quantitative estimate of drug-likeness (QED) is 0.616. The number of carbonyl (C=O) groups excluding carboxylic acids is 1. The van der Waals surface area contributed by atoms with Crippen LogP contribution in [0.25, 0.3) is 0 Å². The minimum absolute atomic E-state index is 0.365. The summed E-state index contributed by atoms with van der Waals surface area (Å²) in [5, 5.41) is 3.72. The molecule has 0 unspecified atom stereocenters. The molecule has 0 aliphatic rings. The first-order valence-electron chi connectivity index (χ1n) is 5.08. The maximum absolute atomic E-state index is 11.4. The van der Waals surface area contributed by atoms with Gasteiger partial charge in [-0.15, -0.1) is 22.7 Å². The molecule has 0 aromatic carbocycles. The summed E-state index contributed by atoms with van der Waals surface area (Å²) in [4.78, 5) is 20.0. The van der Waals surface area contributed by atoms with Gasteiger partial charge in [0.15, 0.2) is 14.4 Å². The van der Waals surface area contributed by atoms with Crippen LogP contribution in [-0.2, 0) is 4.74 Å². The third-order valence-electron chi connectivity index (χ3n) is 1.75. The van der Waals surface area contributed by atoms with Crippen LogP contribution in [0, 0.1) is 6.92 Å². The monoisotopic (exact) mass is 318 g/mol. The lowest BCUT2D eigenvalue weighted by molar-refractivity contribution is 0.0520. The molecule has 0 N–H and O–H groups in total. The summed E-state index contributed by atoms with van der Waals surface area (Å²) in [6.07, 6.45) is 0. The molecule has 0 amide bonds. The van der Waals surface area contributed by atoms with E-state index in [1.807, 2.05) is 12.3 Å². The molecule has 8 heteroatoms. The van der Waals surface area contributed by atoms with E-state index in [2.05, 4.69) is 9.97 Å². The lowest BCUT2D eigenvalue weighted by Gasteiger charge is -1.96. The van der Waals surface area contributed by atoms with E-state index in [4.69, 9.17) is 4.74 Å². The zero-order valence-corrected chi connectivity index (χ0v) is 13.0. The Morgan fingerprint density at radius 3 is 2.56 bits per heavy atom. The molecular weight excluding hydrogens is 308 g/mol. The topological polar surface area (TPSA) is 52.1 Å². The van der Waals surface area contributed by atoms with Crippen LogP contribution in [0.4, 0.5) is 0 Å². The fourth-order valence-corrected chi connectivity index (χ4v) is 5.10. The van der Waals surface area contributed by atoms with Crippen LogP contribution in [0.2, 0.25) is 0 Å². The van der Waals surface area contributed by atoms with Crippen molar-refractivity contribution in [2.75, 3.05) is 6.61 Å². The Balaban J connectivity index is 1.92. The van der Waals surface area contributed by atoms with Crippen LogP contribution in [0.5, 0.6) is 0 Å². The Morgan fingerprint density at radius 2 is 1.94 bits per heavy atom. The number of esters is 1. The minimum Gasteiger partial charge on any atom is -0.461 e. The van der Waals surface area contributed by atoms with E-state index >= 15 is 0 Å². The molecule has 0 saturated heterocycles. The van der Waals surface area contributed by atoms with Crippen LogP contribution >= 0.6 is 44.3 Å². The highest BCUT2D eigenvalue weighted by molar-refractivity contribution is 8.77. The summed E-state index contributed by atoms with van der Waals surface area (Å²) in [6, 6.07) is 0. The summed E-state index contributed by atoms with van der Waals surface area (Å²) >= 11 is 3.04. The van der Waals surface area contributed by atoms with E-state index in [9.17, 15) is 4.79 Å². The maximum atomic E-state index is 11.4. The average Bonchev–Trinajstić information content (AvgIpc) is 2.95. The highest BCUT2D eigenvalue weighted by Gasteiger charge is 2.12. The van der Waals surface area contributed by atoms with Gasteiger partial charge < -0.3 is 4.74 Å².